The van der Waals surface area contributed by atoms with Crippen LogP contribution in [0.2, 0.25) is 0 Å². The Morgan fingerprint density at radius 1 is 1.33 bits per heavy atom. The molecule has 5 N–H and O–H groups in total. The Labute approximate surface area is 86.1 Å². The van der Waals surface area contributed by atoms with Crippen molar-refractivity contribution in [3.63, 3.8) is 0 Å². The second-order valence-corrected chi connectivity index (χ2v) is 3.04. The molecule has 2 aromatic heterocycles. The number of hydrogen-bond donors (Lipinski definition) is 3. The van der Waals surface area contributed by atoms with Crippen LogP contribution in [0.15, 0.2) is 18.2 Å². The SMILES string of the molecule is Cc1cc(N)n(-c2ccc(NN)nn2)n1. The summed E-state index contributed by atoms with van der Waals surface area (Å²) in [4.78, 5) is 0. The second-order valence-electron chi connectivity index (χ2n) is 3.04. The molecule has 0 unspecified atom stereocenters. The molecule has 0 aliphatic carbocycles. The molecule has 0 spiro atoms. The third-order valence-corrected chi connectivity index (χ3v) is 1.87. The van der Waals surface area contributed by atoms with Gasteiger partial charge in [0.05, 0.1) is 5.69 Å². The van der Waals surface area contributed by atoms with E-state index in [1.165, 1.54) is 4.68 Å². The van der Waals surface area contributed by atoms with Crippen molar-refractivity contribution >= 4 is 11.6 Å². The van der Waals surface area contributed by atoms with Gasteiger partial charge in [0.25, 0.3) is 0 Å². The molecule has 0 saturated carbocycles. The summed E-state index contributed by atoms with van der Waals surface area (Å²) in [6.07, 6.45) is 0. The van der Waals surface area contributed by atoms with E-state index in [2.05, 4.69) is 20.7 Å². The van der Waals surface area contributed by atoms with Crippen molar-refractivity contribution in [2.24, 2.45) is 5.84 Å². The molecule has 0 aromatic carbocycles. The summed E-state index contributed by atoms with van der Waals surface area (Å²) >= 11 is 0. The van der Waals surface area contributed by atoms with Gasteiger partial charge < -0.3 is 11.2 Å². The van der Waals surface area contributed by atoms with Gasteiger partial charge in [0, 0.05) is 6.07 Å². The first-order chi connectivity index (χ1) is 7.20. The van der Waals surface area contributed by atoms with Crippen molar-refractivity contribution in [2.75, 3.05) is 11.2 Å². The summed E-state index contributed by atoms with van der Waals surface area (Å²) in [5.74, 6) is 6.74. The van der Waals surface area contributed by atoms with Crippen LogP contribution in [0, 0.1) is 6.92 Å². The van der Waals surface area contributed by atoms with Crippen molar-refractivity contribution in [3.8, 4) is 5.82 Å². The molecule has 7 heteroatoms. The third kappa shape index (κ3) is 1.72. The molecule has 0 amide bonds. The lowest BCUT2D eigenvalue weighted by atomic mass is 10.5. The van der Waals surface area contributed by atoms with Crippen molar-refractivity contribution in [2.45, 2.75) is 6.92 Å². The van der Waals surface area contributed by atoms with E-state index in [1.807, 2.05) is 6.92 Å². The Morgan fingerprint density at radius 2 is 2.13 bits per heavy atom. The van der Waals surface area contributed by atoms with E-state index in [9.17, 15) is 0 Å². The number of nitrogens with one attached hydrogen (secondary N) is 1. The van der Waals surface area contributed by atoms with E-state index in [4.69, 9.17) is 11.6 Å². The van der Waals surface area contributed by atoms with Crippen LogP contribution in [-0.2, 0) is 0 Å². The van der Waals surface area contributed by atoms with Gasteiger partial charge in [0.1, 0.15) is 5.82 Å². The highest BCUT2D eigenvalue weighted by Crippen LogP contribution is 2.11. The summed E-state index contributed by atoms with van der Waals surface area (Å²) in [5.41, 5.74) is 8.96. The monoisotopic (exact) mass is 205 g/mol. The van der Waals surface area contributed by atoms with E-state index in [0.717, 1.165) is 5.69 Å². The van der Waals surface area contributed by atoms with E-state index >= 15 is 0 Å². The number of hydrogen-bond acceptors (Lipinski definition) is 6. The minimum absolute atomic E-state index is 0.487. The highest BCUT2D eigenvalue weighted by atomic mass is 15.4. The smallest absolute Gasteiger partial charge is 0.178 e. The first kappa shape index (κ1) is 9.41. The number of hydrazine groups is 1. The number of aromatic nitrogens is 4. The average Bonchev–Trinajstić information content (AvgIpc) is 2.58. The summed E-state index contributed by atoms with van der Waals surface area (Å²) in [6.45, 7) is 1.86. The fourth-order valence-corrected chi connectivity index (χ4v) is 1.22. The minimum Gasteiger partial charge on any atom is -0.384 e. The van der Waals surface area contributed by atoms with Crippen LogP contribution in [0.4, 0.5) is 11.6 Å². The quantitative estimate of drug-likeness (QED) is 0.464. The number of anilines is 2. The van der Waals surface area contributed by atoms with Crippen LogP contribution in [0.3, 0.4) is 0 Å². The number of nitrogens with zero attached hydrogens (tertiary/aromatic N) is 4. The Bertz CT molecular complexity index is 458. The Morgan fingerprint density at radius 3 is 2.60 bits per heavy atom. The van der Waals surface area contributed by atoms with Gasteiger partial charge in [-0.3, -0.25) is 0 Å². The zero-order valence-corrected chi connectivity index (χ0v) is 8.18. The van der Waals surface area contributed by atoms with Gasteiger partial charge in [0.2, 0.25) is 0 Å². The third-order valence-electron chi connectivity index (χ3n) is 1.87. The van der Waals surface area contributed by atoms with Gasteiger partial charge in [-0.2, -0.15) is 9.78 Å². The molecule has 7 nitrogen and oxygen atoms in total. The Kier molecular flexibility index (Phi) is 2.22. The standard InChI is InChI=1S/C8H11N7/c1-5-4-6(9)15(14-5)8-3-2-7(11-10)12-13-8/h2-4H,9-10H2,1H3,(H,11,12). The molecule has 78 valence electrons. The largest absolute Gasteiger partial charge is 0.384 e. The molecular weight excluding hydrogens is 194 g/mol. The number of aryl methyl sites for hydroxylation is 1. The number of rotatable bonds is 2. The van der Waals surface area contributed by atoms with Gasteiger partial charge in [-0.25, -0.2) is 5.84 Å². The van der Waals surface area contributed by atoms with Gasteiger partial charge in [0.15, 0.2) is 11.6 Å². The normalized spacial score (nSPS) is 10.3. The maximum absolute atomic E-state index is 5.74. The lowest BCUT2D eigenvalue weighted by molar-refractivity contribution is 0.812. The van der Waals surface area contributed by atoms with Gasteiger partial charge in [-0.05, 0) is 19.1 Å². The van der Waals surface area contributed by atoms with E-state index in [0.29, 0.717) is 17.5 Å². The molecule has 15 heavy (non-hydrogen) atoms. The van der Waals surface area contributed by atoms with Crippen molar-refractivity contribution in [1.29, 1.82) is 0 Å². The lowest BCUT2D eigenvalue weighted by Gasteiger charge is -2.02. The topological polar surface area (TPSA) is 108 Å². The molecule has 0 atom stereocenters. The van der Waals surface area contributed by atoms with Gasteiger partial charge in [-0.15, -0.1) is 10.2 Å². The predicted octanol–water partition coefficient (Wildman–Crippen LogP) is -0.161. The maximum Gasteiger partial charge on any atom is 0.178 e. The Hall–Kier alpha value is -2.15. The molecule has 0 fully saturated rings. The van der Waals surface area contributed by atoms with Crippen molar-refractivity contribution in [3.05, 3.63) is 23.9 Å². The zero-order valence-electron chi connectivity index (χ0n) is 8.18. The zero-order chi connectivity index (χ0) is 10.8. The molecular formula is C8H11N7. The first-order valence-corrected chi connectivity index (χ1v) is 4.33. The van der Waals surface area contributed by atoms with Crippen LogP contribution < -0.4 is 17.0 Å². The van der Waals surface area contributed by atoms with Gasteiger partial charge in [-0.1, -0.05) is 0 Å². The van der Waals surface area contributed by atoms with Crippen LogP contribution in [0.5, 0.6) is 0 Å². The summed E-state index contributed by atoms with van der Waals surface area (Å²) in [6, 6.07) is 5.18. The number of nitrogen functional groups attached to an aromatic ring is 2. The second kappa shape index (κ2) is 3.54. The molecule has 0 radical (unpaired) electrons. The summed E-state index contributed by atoms with van der Waals surface area (Å²) in [7, 11) is 0. The molecule has 2 aromatic rings. The van der Waals surface area contributed by atoms with E-state index < -0.39 is 0 Å². The summed E-state index contributed by atoms with van der Waals surface area (Å²) in [5, 5.41) is 11.9. The molecule has 0 bridgehead atoms. The molecule has 0 aliphatic rings. The molecule has 2 heterocycles. The molecule has 2 rings (SSSR count). The fraction of sp³-hybridized carbons (Fsp3) is 0.125. The maximum atomic E-state index is 5.74. The van der Waals surface area contributed by atoms with Crippen LogP contribution >= 0.6 is 0 Å². The molecule has 0 saturated heterocycles. The highest BCUT2D eigenvalue weighted by Gasteiger charge is 2.05. The average molecular weight is 205 g/mol. The van der Waals surface area contributed by atoms with Crippen LogP contribution in [-0.4, -0.2) is 20.0 Å². The van der Waals surface area contributed by atoms with Gasteiger partial charge >= 0.3 is 0 Å². The van der Waals surface area contributed by atoms with Crippen LogP contribution in [0.25, 0.3) is 5.82 Å². The van der Waals surface area contributed by atoms with Crippen LogP contribution in [0.1, 0.15) is 5.69 Å². The predicted molar refractivity (Wildman–Crippen MR) is 56.1 cm³/mol. The molecule has 0 aliphatic heterocycles. The highest BCUT2D eigenvalue weighted by molar-refractivity contribution is 5.41. The minimum atomic E-state index is 0.487. The Balaban J connectivity index is 2.41. The lowest BCUT2D eigenvalue weighted by Crippen LogP contribution is -2.11. The van der Waals surface area contributed by atoms with Crippen molar-refractivity contribution in [1.82, 2.24) is 20.0 Å². The van der Waals surface area contributed by atoms with E-state index in [1.54, 1.807) is 18.2 Å². The summed E-state index contributed by atoms with van der Waals surface area (Å²) < 4.78 is 1.52. The number of nitrogens with two attached hydrogens (primary N) is 2. The fourth-order valence-electron chi connectivity index (χ4n) is 1.22. The first-order valence-electron chi connectivity index (χ1n) is 4.33. The van der Waals surface area contributed by atoms with E-state index in [-0.39, 0.29) is 0 Å². The van der Waals surface area contributed by atoms with Crippen molar-refractivity contribution < 1.29 is 0 Å².